The number of nitrogens with zero attached hydrogens (tertiary/aromatic N) is 4. The number of carbonyl (C=O) groups excluding carboxylic acids is 1. The van der Waals surface area contributed by atoms with E-state index in [9.17, 15) is 4.79 Å². The lowest BCUT2D eigenvalue weighted by molar-refractivity contribution is 0.0705. The second-order valence-electron chi connectivity index (χ2n) is 8.99. The first-order valence-corrected chi connectivity index (χ1v) is 11.3. The summed E-state index contributed by atoms with van der Waals surface area (Å²) < 4.78 is 2.20. The van der Waals surface area contributed by atoms with Crippen LogP contribution in [0.4, 0.5) is 0 Å². The summed E-state index contributed by atoms with van der Waals surface area (Å²) >= 11 is 0. The van der Waals surface area contributed by atoms with Gasteiger partial charge in [-0.1, -0.05) is 30.3 Å². The summed E-state index contributed by atoms with van der Waals surface area (Å²) in [7, 11) is 2.09. The van der Waals surface area contributed by atoms with Crippen LogP contribution in [0.3, 0.4) is 0 Å². The number of hydrogen-bond donors (Lipinski definition) is 0. The van der Waals surface area contributed by atoms with Gasteiger partial charge < -0.3 is 9.47 Å². The number of benzene rings is 2. The molecule has 6 rings (SSSR count). The van der Waals surface area contributed by atoms with E-state index in [0.717, 1.165) is 58.4 Å². The molecule has 5 heteroatoms. The van der Waals surface area contributed by atoms with Gasteiger partial charge in [0.05, 0.1) is 22.1 Å². The molecule has 0 unspecified atom stereocenters. The predicted molar refractivity (Wildman–Crippen MR) is 122 cm³/mol. The first-order valence-electron chi connectivity index (χ1n) is 11.3. The number of rotatable bonds is 3. The summed E-state index contributed by atoms with van der Waals surface area (Å²) in [5, 5.41) is 0.960. The summed E-state index contributed by atoms with van der Waals surface area (Å²) in [6, 6.07) is 18.4. The van der Waals surface area contributed by atoms with Crippen molar-refractivity contribution in [1.29, 1.82) is 0 Å². The SMILES string of the molecule is Cn1c([C@@H]2CCCN(C(=O)c3cc(C4CC4)nc4ccccc34)C2)nc2ccccc21. The van der Waals surface area contributed by atoms with Crippen LogP contribution in [0.5, 0.6) is 0 Å². The molecule has 156 valence electrons. The van der Waals surface area contributed by atoms with E-state index >= 15 is 0 Å². The molecule has 1 amide bonds. The molecule has 1 aliphatic carbocycles. The molecule has 1 saturated carbocycles. The summed E-state index contributed by atoms with van der Waals surface area (Å²) in [5.74, 6) is 1.98. The van der Waals surface area contributed by atoms with Crippen molar-refractivity contribution < 1.29 is 4.79 Å². The number of pyridine rings is 1. The van der Waals surface area contributed by atoms with Crippen LogP contribution in [0.1, 0.15) is 59.4 Å². The Kier molecular flexibility index (Phi) is 4.30. The molecule has 2 aromatic carbocycles. The number of aryl methyl sites for hydroxylation is 1. The Hall–Kier alpha value is -3.21. The first-order chi connectivity index (χ1) is 15.2. The van der Waals surface area contributed by atoms with Gasteiger partial charge in [0, 0.05) is 43.1 Å². The minimum atomic E-state index is 0.129. The average Bonchev–Trinajstić information content (AvgIpc) is 3.62. The minimum absolute atomic E-state index is 0.129. The van der Waals surface area contributed by atoms with Crippen LogP contribution >= 0.6 is 0 Å². The standard InChI is InChI=1S/C26H26N4O/c1-29-24-11-5-4-10-22(24)28-25(29)18-7-6-14-30(16-18)26(31)20-15-23(17-12-13-17)27-21-9-3-2-8-19(20)21/h2-5,8-11,15,17-18H,6-7,12-14,16H2,1H3/t18-/m1/s1. The Bertz CT molecular complexity index is 1300. The Balaban J connectivity index is 1.34. The number of para-hydroxylation sites is 3. The van der Waals surface area contributed by atoms with Gasteiger partial charge in [0.25, 0.3) is 5.91 Å². The third-order valence-electron chi connectivity index (χ3n) is 6.86. The molecular formula is C26H26N4O. The Morgan fingerprint density at radius 3 is 2.52 bits per heavy atom. The molecule has 1 saturated heterocycles. The molecule has 2 fully saturated rings. The lowest BCUT2D eigenvalue weighted by Crippen LogP contribution is -2.39. The molecule has 5 nitrogen and oxygen atoms in total. The molecule has 2 aromatic heterocycles. The van der Waals surface area contributed by atoms with Gasteiger partial charge in [-0.05, 0) is 49.9 Å². The molecule has 1 aliphatic heterocycles. The molecule has 31 heavy (non-hydrogen) atoms. The van der Waals surface area contributed by atoms with Crippen LogP contribution in [0.15, 0.2) is 54.6 Å². The molecule has 2 aliphatic rings. The smallest absolute Gasteiger partial charge is 0.254 e. The number of amides is 1. The summed E-state index contributed by atoms with van der Waals surface area (Å²) in [6.45, 7) is 1.51. The largest absolute Gasteiger partial charge is 0.338 e. The Morgan fingerprint density at radius 1 is 0.935 bits per heavy atom. The number of hydrogen-bond acceptors (Lipinski definition) is 3. The van der Waals surface area contributed by atoms with Crippen molar-refractivity contribution in [3.63, 3.8) is 0 Å². The van der Waals surface area contributed by atoms with E-state index in [1.807, 2.05) is 35.2 Å². The second-order valence-corrected chi connectivity index (χ2v) is 8.99. The fourth-order valence-corrected chi connectivity index (χ4v) is 5.03. The highest BCUT2D eigenvalue weighted by Gasteiger charge is 2.31. The molecule has 1 atom stereocenters. The highest BCUT2D eigenvalue weighted by atomic mass is 16.2. The minimum Gasteiger partial charge on any atom is -0.338 e. The maximum Gasteiger partial charge on any atom is 0.254 e. The van der Waals surface area contributed by atoms with Crippen molar-refractivity contribution in [1.82, 2.24) is 19.4 Å². The van der Waals surface area contributed by atoms with E-state index in [0.29, 0.717) is 12.5 Å². The number of aromatic nitrogens is 3. The molecule has 0 radical (unpaired) electrons. The topological polar surface area (TPSA) is 51.0 Å². The number of likely N-dealkylation sites (tertiary alicyclic amines) is 1. The van der Waals surface area contributed by atoms with E-state index < -0.39 is 0 Å². The van der Waals surface area contributed by atoms with Gasteiger partial charge in [-0.2, -0.15) is 0 Å². The van der Waals surface area contributed by atoms with Crippen molar-refractivity contribution in [2.45, 2.75) is 37.5 Å². The van der Waals surface area contributed by atoms with Crippen molar-refractivity contribution >= 4 is 27.8 Å². The molecule has 3 heterocycles. The van der Waals surface area contributed by atoms with Gasteiger partial charge in [0.2, 0.25) is 0 Å². The third kappa shape index (κ3) is 3.19. The quantitative estimate of drug-likeness (QED) is 0.477. The zero-order valence-electron chi connectivity index (χ0n) is 17.8. The predicted octanol–water partition coefficient (Wildman–Crippen LogP) is 5.02. The van der Waals surface area contributed by atoms with E-state index in [1.54, 1.807) is 0 Å². The summed E-state index contributed by atoms with van der Waals surface area (Å²) in [5.41, 5.74) is 4.98. The number of imidazole rings is 1. The van der Waals surface area contributed by atoms with Crippen LogP contribution in [0, 0.1) is 0 Å². The van der Waals surface area contributed by atoms with Crippen LogP contribution in [0.25, 0.3) is 21.9 Å². The highest BCUT2D eigenvalue weighted by molar-refractivity contribution is 6.06. The van der Waals surface area contributed by atoms with Gasteiger partial charge in [-0.25, -0.2) is 4.98 Å². The zero-order valence-corrected chi connectivity index (χ0v) is 17.8. The number of carbonyl (C=O) groups is 1. The van der Waals surface area contributed by atoms with Gasteiger partial charge in [-0.15, -0.1) is 0 Å². The summed E-state index contributed by atoms with van der Waals surface area (Å²) in [6.07, 6.45) is 4.42. The average molecular weight is 411 g/mol. The number of piperidine rings is 1. The molecule has 4 aromatic rings. The lowest BCUT2D eigenvalue weighted by Gasteiger charge is -2.33. The Labute approximate surface area is 181 Å². The van der Waals surface area contributed by atoms with Crippen LogP contribution in [-0.2, 0) is 7.05 Å². The van der Waals surface area contributed by atoms with Gasteiger partial charge in [0.1, 0.15) is 5.82 Å². The van der Waals surface area contributed by atoms with Crippen molar-refractivity contribution in [3.8, 4) is 0 Å². The fourth-order valence-electron chi connectivity index (χ4n) is 5.03. The fraction of sp³-hybridized carbons (Fsp3) is 0.346. The van der Waals surface area contributed by atoms with E-state index in [4.69, 9.17) is 9.97 Å². The second kappa shape index (κ2) is 7.19. The van der Waals surface area contributed by atoms with Crippen LogP contribution < -0.4 is 0 Å². The monoisotopic (exact) mass is 410 g/mol. The molecule has 0 bridgehead atoms. The highest BCUT2D eigenvalue weighted by Crippen LogP contribution is 2.40. The van der Waals surface area contributed by atoms with E-state index in [1.165, 1.54) is 12.8 Å². The van der Waals surface area contributed by atoms with Crippen LogP contribution in [0.2, 0.25) is 0 Å². The third-order valence-corrected chi connectivity index (χ3v) is 6.86. The van der Waals surface area contributed by atoms with Gasteiger partial charge in [0.15, 0.2) is 0 Å². The summed E-state index contributed by atoms with van der Waals surface area (Å²) in [4.78, 5) is 25.5. The van der Waals surface area contributed by atoms with E-state index in [2.05, 4.69) is 35.9 Å². The van der Waals surface area contributed by atoms with Gasteiger partial charge >= 0.3 is 0 Å². The van der Waals surface area contributed by atoms with Crippen LogP contribution in [-0.4, -0.2) is 38.4 Å². The maximum atomic E-state index is 13.7. The van der Waals surface area contributed by atoms with Crippen molar-refractivity contribution in [2.24, 2.45) is 7.05 Å². The zero-order chi connectivity index (χ0) is 20.9. The molecule has 0 N–H and O–H groups in total. The lowest BCUT2D eigenvalue weighted by atomic mass is 9.95. The number of fused-ring (bicyclic) bond motifs is 2. The normalized spacial score (nSPS) is 19.3. The molecular weight excluding hydrogens is 384 g/mol. The van der Waals surface area contributed by atoms with Crippen molar-refractivity contribution in [2.75, 3.05) is 13.1 Å². The molecule has 0 spiro atoms. The van der Waals surface area contributed by atoms with Crippen molar-refractivity contribution in [3.05, 3.63) is 71.7 Å². The Morgan fingerprint density at radius 2 is 1.71 bits per heavy atom. The first kappa shape index (κ1) is 18.6. The van der Waals surface area contributed by atoms with Gasteiger partial charge in [-0.3, -0.25) is 9.78 Å². The van der Waals surface area contributed by atoms with E-state index in [-0.39, 0.29) is 11.8 Å². The maximum absolute atomic E-state index is 13.7.